The van der Waals surface area contributed by atoms with Crippen LogP contribution in [0.4, 0.5) is 5.69 Å². The Morgan fingerprint density at radius 2 is 2.04 bits per heavy atom. The van der Waals surface area contributed by atoms with E-state index in [1.807, 2.05) is 39.0 Å². The van der Waals surface area contributed by atoms with E-state index in [2.05, 4.69) is 15.3 Å². The first-order chi connectivity index (χ1) is 12.0. The van der Waals surface area contributed by atoms with Gasteiger partial charge in [-0.2, -0.15) is 0 Å². The standard InChI is InChI=1S/C19H23N3O2S/c1-11-7-6-10-15(12(11)2)20-17(23)13(3)25-19-21-16-9-5-4-8-14(16)18(24)22-19/h6-7,10,13H,4-5,8-9H2,1-3H3,(H,20,23)(H,21,22,24)/t13-/m1/s1. The van der Waals surface area contributed by atoms with E-state index >= 15 is 0 Å². The number of anilines is 1. The number of hydrogen-bond acceptors (Lipinski definition) is 4. The summed E-state index contributed by atoms with van der Waals surface area (Å²) >= 11 is 1.29. The summed E-state index contributed by atoms with van der Waals surface area (Å²) in [5.74, 6) is -0.0981. The van der Waals surface area contributed by atoms with Gasteiger partial charge in [0.15, 0.2) is 5.16 Å². The van der Waals surface area contributed by atoms with Gasteiger partial charge in [0.25, 0.3) is 5.56 Å². The number of H-pyrrole nitrogens is 1. The van der Waals surface area contributed by atoms with Crippen molar-refractivity contribution in [3.8, 4) is 0 Å². The number of aromatic nitrogens is 2. The van der Waals surface area contributed by atoms with E-state index in [-0.39, 0.29) is 16.7 Å². The van der Waals surface area contributed by atoms with Crippen molar-refractivity contribution in [1.82, 2.24) is 9.97 Å². The molecule has 6 heteroatoms. The highest BCUT2D eigenvalue weighted by Gasteiger charge is 2.20. The molecule has 2 aromatic rings. The van der Waals surface area contributed by atoms with Gasteiger partial charge in [-0.1, -0.05) is 23.9 Å². The maximum Gasteiger partial charge on any atom is 0.254 e. The van der Waals surface area contributed by atoms with Crippen LogP contribution in [0.2, 0.25) is 0 Å². The Labute approximate surface area is 151 Å². The van der Waals surface area contributed by atoms with Gasteiger partial charge in [-0.25, -0.2) is 4.98 Å². The van der Waals surface area contributed by atoms with Gasteiger partial charge in [0.05, 0.1) is 10.9 Å². The number of carbonyl (C=O) groups is 1. The number of aryl methyl sites for hydroxylation is 2. The monoisotopic (exact) mass is 357 g/mol. The molecule has 2 N–H and O–H groups in total. The topological polar surface area (TPSA) is 74.8 Å². The minimum atomic E-state index is -0.357. The first kappa shape index (κ1) is 17.7. The third-order valence-electron chi connectivity index (χ3n) is 4.69. The number of carbonyl (C=O) groups excluding carboxylic acids is 1. The van der Waals surface area contributed by atoms with E-state index in [1.54, 1.807) is 0 Å². The normalized spacial score (nSPS) is 14.7. The zero-order valence-electron chi connectivity index (χ0n) is 14.8. The van der Waals surface area contributed by atoms with Crippen LogP contribution in [-0.2, 0) is 17.6 Å². The van der Waals surface area contributed by atoms with E-state index in [1.165, 1.54) is 11.8 Å². The van der Waals surface area contributed by atoms with Gasteiger partial charge in [0.2, 0.25) is 5.91 Å². The van der Waals surface area contributed by atoms with Crippen LogP contribution >= 0.6 is 11.8 Å². The molecular weight excluding hydrogens is 334 g/mol. The van der Waals surface area contributed by atoms with Crippen LogP contribution in [0.3, 0.4) is 0 Å². The lowest BCUT2D eigenvalue weighted by Crippen LogP contribution is -2.25. The molecule has 1 heterocycles. The van der Waals surface area contributed by atoms with Crippen LogP contribution in [0.5, 0.6) is 0 Å². The van der Waals surface area contributed by atoms with Crippen molar-refractivity contribution in [1.29, 1.82) is 0 Å². The van der Waals surface area contributed by atoms with Gasteiger partial charge in [0.1, 0.15) is 0 Å². The van der Waals surface area contributed by atoms with Gasteiger partial charge in [-0.3, -0.25) is 9.59 Å². The quantitative estimate of drug-likeness (QED) is 0.650. The van der Waals surface area contributed by atoms with E-state index in [0.717, 1.165) is 53.8 Å². The average Bonchev–Trinajstić information content (AvgIpc) is 2.59. The molecule has 1 aliphatic rings. The van der Waals surface area contributed by atoms with Crippen molar-refractivity contribution in [2.45, 2.75) is 56.9 Å². The van der Waals surface area contributed by atoms with E-state index in [4.69, 9.17) is 0 Å². The molecule has 1 aromatic carbocycles. The van der Waals surface area contributed by atoms with Crippen LogP contribution in [-0.4, -0.2) is 21.1 Å². The maximum atomic E-state index is 12.5. The first-order valence-electron chi connectivity index (χ1n) is 8.61. The highest BCUT2D eigenvalue weighted by atomic mass is 32.2. The number of hydrogen-bond donors (Lipinski definition) is 2. The number of nitrogens with zero attached hydrogens (tertiary/aromatic N) is 1. The van der Waals surface area contributed by atoms with Gasteiger partial charge < -0.3 is 10.3 Å². The highest BCUT2D eigenvalue weighted by molar-refractivity contribution is 8.00. The first-order valence-corrected chi connectivity index (χ1v) is 9.49. The molecule has 1 aromatic heterocycles. The zero-order valence-corrected chi connectivity index (χ0v) is 15.6. The van der Waals surface area contributed by atoms with E-state index < -0.39 is 0 Å². The van der Waals surface area contributed by atoms with Crippen molar-refractivity contribution < 1.29 is 4.79 Å². The Balaban J connectivity index is 1.72. The third kappa shape index (κ3) is 3.95. The average molecular weight is 357 g/mol. The SMILES string of the molecule is Cc1cccc(NC(=O)[C@@H](C)Sc2nc3c(c(=O)[nH]2)CCCC3)c1C. The molecule has 0 spiro atoms. The molecule has 0 aliphatic heterocycles. The molecule has 0 fully saturated rings. The summed E-state index contributed by atoms with van der Waals surface area (Å²) in [5, 5.41) is 3.13. The largest absolute Gasteiger partial charge is 0.325 e. The molecule has 5 nitrogen and oxygen atoms in total. The van der Waals surface area contributed by atoms with Gasteiger partial charge in [-0.05, 0) is 63.6 Å². The molecule has 1 amide bonds. The summed E-state index contributed by atoms with van der Waals surface area (Å²) < 4.78 is 0. The van der Waals surface area contributed by atoms with Crippen molar-refractivity contribution >= 4 is 23.4 Å². The summed E-state index contributed by atoms with van der Waals surface area (Å²) in [6, 6.07) is 5.85. The Bertz CT molecular complexity index is 860. The summed E-state index contributed by atoms with van der Waals surface area (Å²) in [6.07, 6.45) is 3.75. The fourth-order valence-corrected chi connectivity index (χ4v) is 3.79. The molecule has 0 saturated heterocycles. The van der Waals surface area contributed by atoms with Crippen LogP contribution < -0.4 is 10.9 Å². The lowest BCUT2D eigenvalue weighted by Gasteiger charge is -2.16. The number of thioether (sulfide) groups is 1. The van der Waals surface area contributed by atoms with Crippen molar-refractivity contribution in [2.24, 2.45) is 0 Å². The summed E-state index contributed by atoms with van der Waals surface area (Å²) in [7, 11) is 0. The van der Waals surface area contributed by atoms with Crippen molar-refractivity contribution in [3.05, 3.63) is 50.9 Å². The minimum Gasteiger partial charge on any atom is -0.325 e. The molecule has 132 valence electrons. The molecule has 3 rings (SSSR count). The van der Waals surface area contributed by atoms with Crippen molar-refractivity contribution in [3.63, 3.8) is 0 Å². The molecule has 0 unspecified atom stereocenters. The van der Waals surface area contributed by atoms with Crippen LogP contribution in [0, 0.1) is 13.8 Å². The van der Waals surface area contributed by atoms with Gasteiger partial charge in [-0.15, -0.1) is 0 Å². The molecule has 1 atom stereocenters. The smallest absolute Gasteiger partial charge is 0.254 e. The zero-order chi connectivity index (χ0) is 18.0. The predicted molar refractivity (Wildman–Crippen MR) is 101 cm³/mol. The van der Waals surface area contributed by atoms with E-state index in [0.29, 0.717) is 5.16 Å². The number of amides is 1. The molecule has 1 aliphatic carbocycles. The van der Waals surface area contributed by atoms with Gasteiger partial charge >= 0.3 is 0 Å². The molecule has 0 radical (unpaired) electrons. The van der Waals surface area contributed by atoms with Crippen LogP contribution in [0.15, 0.2) is 28.2 Å². The maximum absolute atomic E-state index is 12.5. The highest BCUT2D eigenvalue weighted by Crippen LogP contribution is 2.24. The Hall–Kier alpha value is -2.08. The molecule has 25 heavy (non-hydrogen) atoms. The fourth-order valence-electron chi connectivity index (χ4n) is 2.98. The molecule has 0 saturated carbocycles. The van der Waals surface area contributed by atoms with Crippen LogP contribution in [0.1, 0.15) is 42.1 Å². The second-order valence-electron chi connectivity index (χ2n) is 6.50. The summed E-state index contributed by atoms with van der Waals surface area (Å²) in [5.41, 5.74) is 4.66. The van der Waals surface area contributed by atoms with Crippen molar-refractivity contribution in [2.75, 3.05) is 5.32 Å². The number of fused-ring (bicyclic) bond motifs is 1. The number of nitrogens with one attached hydrogen (secondary N) is 2. The van der Waals surface area contributed by atoms with E-state index in [9.17, 15) is 9.59 Å². The summed E-state index contributed by atoms with van der Waals surface area (Å²) in [6.45, 7) is 5.83. The minimum absolute atomic E-state index is 0.0608. The summed E-state index contributed by atoms with van der Waals surface area (Å²) in [4.78, 5) is 32.1. The fraction of sp³-hybridized carbons (Fsp3) is 0.421. The molecular formula is C19H23N3O2S. The second-order valence-corrected chi connectivity index (χ2v) is 7.83. The second kappa shape index (κ2) is 7.44. The Morgan fingerprint density at radius 1 is 1.28 bits per heavy atom. The van der Waals surface area contributed by atoms with Crippen LogP contribution in [0.25, 0.3) is 0 Å². The Kier molecular flexibility index (Phi) is 5.27. The predicted octanol–water partition coefficient (Wildman–Crippen LogP) is 3.38. The third-order valence-corrected chi connectivity index (χ3v) is 5.67. The number of aromatic amines is 1. The Morgan fingerprint density at radius 3 is 2.84 bits per heavy atom. The number of benzene rings is 1. The number of rotatable bonds is 4. The van der Waals surface area contributed by atoms with Gasteiger partial charge in [0, 0.05) is 11.3 Å². The lowest BCUT2D eigenvalue weighted by atomic mass is 9.97. The lowest BCUT2D eigenvalue weighted by molar-refractivity contribution is -0.115. The molecule has 0 bridgehead atoms.